The van der Waals surface area contributed by atoms with E-state index < -0.39 is 10.0 Å². The minimum Gasteiger partial charge on any atom is -0.398 e. The highest BCUT2D eigenvalue weighted by Crippen LogP contribution is 2.32. The number of anilines is 1. The standard InChI is InChI=1S/C13H18Br2N2O2S/c14-9-7-11(15)13(12(16)8-9)20(18,19)17-10-5-3-1-2-4-6-10/h7-8,10,17H,1-6,16H2. The summed E-state index contributed by atoms with van der Waals surface area (Å²) in [7, 11) is -3.60. The normalized spacial score (nSPS) is 17.9. The van der Waals surface area contributed by atoms with Crippen LogP contribution in [-0.4, -0.2) is 14.5 Å². The van der Waals surface area contributed by atoms with Crippen LogP contribution in [0.2, 0.25) is 0 Å². The van der Waals surface area contributed by atoms with Gasteiger partial charge in [0.2, 0.25) is 10.0 Å². The van der Waals surface area contributed by atoms with Crippen molar-refractivity contribution in [3.05, 3.63) is 21.1 Å². The third kappa shape index (κ3) is 3.96. The number of sulfonamides is 1. The molecule has 0 spiro atoms. The number of nitrogen functional groups attached to an aromatic ring is 1. The van der Waals surface area contributed by atoms with Crippen molar-refractivity contribution < 1.29 is 8.42 Å². The molecule has 2 rings (SSSR count). The number of hydrogen-bond acceptors (Lipinski definition) is 3. The van der Waals surface area contributed by atoms with Crippen molar-refractivity contribution in [3.8, 4) is 0 Å². The van der Waals surface area contributed by atoms with Crippen LogP contribution in [0.3, 0.4) is 0 Å². The molecule has 0 heterocycles. The monoisotopic (exact) mass is 424 g/mol. The Kier molecular flexibility index (Phi) is 5.50. The van der Waals surface area contributed by atoms with Gasteiger partial charge >= 0.3 is 0 Å². The molecule has 1 fully saturated rings. The van der Waals surface area contributed by atoms with E-state index in [1.54, 1.807) is 12.1 Å². The van der Waals surface area contributed by atoms with Gasteiger partial charge in [-0.25, -0.2) is 13.1 Å². The average Bonchev–Trinajstić information content (AvgIpc) is 2.54. The molecule has 0 unspecified atom stereocenters. The SMILES string of the molecule is Nc1cc(Br)cc(Br)c1S(=O)(=O)NC1CCCCCC1. The molecule has 0 radical (unpaired) electrons. The van der Waals surface area contributed by atoms with Gasteiger partial charge in [-0.3, -0.25) is 0 Å². The zero-order chi connectivity index (χ0) is 14.8. The summed E-state index contributed by atoms with van der Waals surface area (Å²) in [5.74, 6) is 0. The number of nitrogens with two attached hydrogens (primary N) is 1. The summed E-state index contributed by atoms with van der Waals surface area (Å²) in [6.45, 7) is 0. The van der Waals surface area contributed by atoms with Gasteiger partial charge in [-0.15, -0.1) is 0 Å². The van der Waals surface area contributed by atoms with E-state index in [2.05, 4.69) is 36.6 Å². The van der Waals surface area contributed by atoms with E-state index in [0.29, 0.717) is 4.47 Å². The van der Waals surface area contributed by atoms with Crippen molar-refractivity contribution in [1.82, 2.24) is 4.72 Å². The molecule has 1 saturated carbocycles. The molecule has 0 aromatic heterocycles. The molecule has 0 amide bonds. The highest BCUT2D eigenvalue weighted by atomic mass is 79.9. The molecule has 1 aromatic carbocycles. The van der Waals surface area contributed by atoms with E-state index in [-0.39, 0.29) is 16.6 Å². The Balaban J connectivity index is 2.26. The summed E-state index contributed by atoms with van der Waals surface area (Å²) in [6, 6.07) is 3.31. The quantitative estimate of drug-likeness (QED) is 0.571. The first kappa shape index (κ1) is 16.3. The maximum atomic E-state index is 12.5. The molecule has 1 aliphatic carbocycles. The molecule has 4 nitrogen and oxygen atoms in total. The average molecular weight is 426 g/mol. The zero-order valence-corrected chi connectivity index (χ0v) is 15.0. The van der Waals surface area contributed by atoms with Gasteiger partial charge in [0.1, 0.15) is 4.90 Å². The van der Waals surface area contributed by atoms with E-state index >= 15 is 0 Å². The fourth-order valence-corrected chi connectivity index (χ4v) is 5.91. The van der Waals surface area contributed by atoms with Gasteiger partial charge in [-0.2, -0.15) is 0 Å². The summed E-state index contributed by atoms with van der Waals surface area (Å²) < 4.78 is 29.1. The Morgan fingerprint density at radius 3 is 2.25 bits per heavy atom. The third-order valence-electron chi connectivity index (χ3n) is 3.48. The second-order valence-electron chi connectivity index (χ2n) is 5.12. The smallest absolute Gasteiger partial charge is 0.243 e. The van der Waals surface area contributed by atoms with Crippen LogP contribution in [0.5, 0.6) is 0 Å². The summed E-state index contributed by atoms with van der Waals surface area (Å²) in [5.41, 5.74) is 6.11. The van der Waals surface area contributed by atoms with Crippen molar-refractivity contribution in [2.75, 3.05) is 5.73 Å². The Labute approximate surface area is 136 Å². The summed E-state index contributed by atoms with van der Waals surface area (Å²) in [4.78, 5) is 0.130. The Hall–Kier alpha value is -0.110. The lowest BCUT2D eigenvalue weighted by Crippen LogP contribution is -2.35. The molecule has 1 aromatic rings. The Bertz CT molecular complexity index is 559. The van der Waals surface area contributed by atoms with Gasteiger partial charge in [0.25, 0.3) is 0 Å². The first-order valence-corrected chi connectivity index (χ1v) is 9.74. The second-order valence-corrected chi connectivity index (χ2v) is 8.54. The van der Waals surface area contributed by atoms with Crippen LogP contribution >= 0.6 is 31.9 Å². The molecule has 0 atom stereocenters. The molecular formula is C13H18Br2N2O2S. The number of halogens is 2. The molecule has 0 aliphatic heterocycles. The van der Waals surface area contributed by atoms with Gasteiger partial charge < -0.3 is 5.73 Å². The first-order valence-electron chi connectivity index (χ1n) is 6.67. The lowest BCUT2D eigenvalue weighted by Gasteiger charge is -2.18. The predicted octanol–water partition coefficient (Wildman–Crippen LogP) is 3.79. The van der Waals surface area contributed by atoms with Crippen molar-refractivity contribution in [1.29, 1.82) is 0 Å². The van der Waals surface area contributed by atoms with Gasteiger partial charge in [0, 0.05) is 15.0 Å². The summed E-state index contributed by atoms with van der Waals surface area (Å²) in [5, 5.41) is 0. The van der Waals surface area contributed by atoms with Crippen LogP contribution in [0.4, 0.5) is 5.69 Å². The second kappa shape index (κ2) is 6.77. The highest BCUT2D eigenvalue weighted by molar-refractivity contribution is 9.11. The molecule has 3 N–H and O–H groups in total. The topological polar surface area (TPSA) is 72.2 Å². The van der Waals surface area contributed by atoms with Crippen molar-refractivity contribution in [2.24, 2.45) is 0 Å². The number of rotatable bonds is 3. The van der Waals surface area contributed by atoms with Crippen LogP contribution in [0.15, 0.2) is 26.0 Å². The van der Waals surface area contributed by atoms with Crippen LogP contribution in [0.25, 0.3) is 0 Å². The third-order valence-corrected chi connectivity index (χ3v) is 6.47. The van der Waals surface area contributed by atoms with Gasteiger partial charge in [-0.05, 0) is 40.9 Å². The van der Waals surface area contributed by atoms with Crippen molar-refractivity contribution >= 4 is 47.6 Å². The van der Waals surface area contributed by atoms with Crippen LogP contribution < -0.4 is 10.5 Å². The lowest BCUT2D eigenvalue weighted by molar-refractivity contribution is 0.510. The zero-order valence-electron chi connectivity index (χ0n) is 11.0. The fraction of sp³-hybridized carbons (Fsp3) is 0.538. The maximum Gasteiger partial charge on any atom is 0.243 e. The molecule has 112 valence electrons. The Morgan fingerprint density at radius 1 is 1.10 bits per heavy atom. The van der Waals surface area contributed by atoms with E-state index in [9.17, 15) is 8.42 Å². The predicted molar refractivity (Wildman–Crippen MR) is 88.1 cm³/mol. The van der Waals surface area contributed by atoms with Gasteiger partial charge in [0.05, 0.1) is 5.69 Å². The largest absolute Gasteiger partial charge is 0.398 e. The first-order chi connectivity index (χ1) is 9.40. The van der Waals surface area contributed by atoms with E-state index in [1.165, 1.54) is 12.8 Å². The number of benzene rings is 1. The lowest BCUT2D eigenvalue weighted by atomic mass is 10.1. The number of hydrogen-bond donors (Lipinski definition) is 2. The van der Waals surface area contributed by atoms with Gasteiger partial charge in [0.15, 0.2) is 0 Å². The number of nitrogens with one attached hydrogen (secondary N) is 1. The van der Waals surface area contributed by atoms with Crippen molar-refractivity contribution in [2.45, 2.75) is 49.5 Å². The Morgan fingerprint density at radius 2 is 1.70 bits per heavy atom. The molecule has 20 heavy (non-hydrogen) atoms. The molecule has 1 aliphatic rings. The maximum absolute atomic E-state index is 12.5. The highest BCUT2D eigenvalue weighted by Gasteiger charge is 2.25. The van der Waals surface area contributed by atoms with Crippen LogP contribution in [0, 0.1) is 0 Å². The van der Waals surface area contributed by atoms with Crippen molar-refractivity contribution in [3.63, 3.8) is 0 Å². The van der Waals surface area contributed by atoms with E-state index in [0.717, 1.165) is 30.2 Å². The van der Waals surface area contributed by atoms with Crippen LogP contribution in [-0.2, 0) is 10.0 Å². The molecule has 0 bridgehead atoms. The summed E-state index contributed by atoms with van der Waals surface area (Å²) in [6.07, 6.45) is 6.31. The minimum absolute atomic E-state index is 0.0115. The van der Waals surface area contributed by atoms with E-state index in [1.807, 2.05) is 0 Å². The molecule has 0 saturated heterocycles. The fourth-order valence-electron chi connectivity index (χ4n) is 2.54. The van der Waals surface area contributed by atoms with Crippen LogP contribution in [0.1, 0.15) is 38.5 Å². The molecule has 7 heteroatoms. The van der Waals surface area contributed by atoms with Gasteiger partial charge in [-0.1, -0.05) is 41.6 Å². The molecular weight excluding hydrogens is 408 g/mol. The summed E-state index contributed by atoms with van der Waals surface area (Å²) >= 11 is 6.58. The van der Waals surface area contributed by atoms with E-state index in [4.69, 9.17) is 5.73 Å². The minimum atomic E-state index is -3.60.